The summed E-state index contributed by atoms with van der Waals surface area (Å²) in [4.78, 5) is 15.6. The van der Waals surface area contributed by atoms with Crippen molar-refractivity contribution in [2.45, 2.75) is 13.5 Å². The summed E-state index contributed by atoms with van der Waals surface area (Å²) in [5, 5.41) is 6.09. The Kier molecular flexibility index (Phi) is 3.22. The zero-order valence-corrected chi connectivity index (χ0v) is 9.61. The number of hydrogen-bond donors (Lipinski definition) is 2. The van der Waals surface area contributed by atoms with E-state index in [-0.39, 0.29) is 17.8 Å². The first kappa shape index (κ1) is 12.0. The molecule has 1 heterocycles. The number of nitrogens with two attached hydrogens (primary N) is 1. The molecule has 0 aliphatic carbocycles. The van der Waals surface area contributed by atoms with Gasteiger partial charge in [0.1, 0.15) is 5.82 Å². The van der Waals surface area contributed by atoms with Gasteiger partial charge < -0.3 is 15.6 Å². The Hall–Kier alpha value is -2.44. The highest BCUT2D eigenvalue weighted by atomic mass is 19.1. The molecule has 1 aromatic carbocycles. The zero-order chi connectivity index (χ0) is 13.1. The summed E-state index contributed by atoms with van der Waals surface area (Å²) < 4.78 is 18.2. The molecule has 7 heteroatoms. The quantitative estimate of drug-likeness (QED) is 0.793. The zero-order valence-electron chi connectivity index (χ0n) is 9.61. The molecule has 0 atom stereocenters. The number of carbonyl (C=O) groups is 1. The van der Waals surface area contributed by atoms with E-state index in [0.717, 1.165) is 6.07 Å². The number of rotatable bonds is 3. The van der Waals surface area contributed by atoms with Crippen molar-refractivity contribution in [2.75, 3.05) is 5.73 Å². The molecule has 0 saturated heterocycles. The molecule has 0 saturated carbocycles. The van der Waals surface area contributed by atoms with E-state index in [0.29, 0.717) is 11.7 Å². The summed E-state index contributed by atoms with van der Waals surface area (Å²) in [6.45, 7) is 1.71. The Morgan fingerprint density at radius 3 is 2.94 bits per heavy atom. The number of hydrogen-bond acceptors (Lipinski definition) is 5. The second-order valence-electron chi connectivity index (χ2n) is 3.65. The first-order valence-corrected chi connectivity index (χ1v) is 5.18. The normalized spacial score (nSPS) is 10.3. The van der Waals surface area contributed by atoms with Gasteiger partial charge in [-0.15, -0.1) is 0 Å². The van der Waals surface area contributed by atoms with E-state index in [1.807, 2.05) is 0 Å². The third kappa shape index (κ3) is 2.62. The van der Waals surface area contributed by atoms with E-state index in [4.69, 9.17) is 10.3 Å². The summed E-state index contributed by atoms with van der Waals surface area (Å²) in [6.07, 6.45) is 0. The van der Waals surface area contributed by atoms with Crippen LogP contribution in [0.15, 0.2) is 22.7 Å². The number of amides is 1. The van der Waals surface area contributed by atoms with Crippen molar-refractivity contribution in [1.29, 1.82) is 0 Å². The van der Waals surface area contributed by atoms with Crippen molar-refractivity contribution in [3.63, 3.8) is 0 Å². The Labute approximate surface area is 102 Å². The van der Waals surface area contributed by atoms with Crippen molar-refractivity contribution in [3.8, 4) is 0 Å². The van der Waals surface area contributed by atoms with Crippen molar-refractivity contribution in [2.24, 2.45) is 0 Å². The van der Waals surface area contributed by atoms with Crippen LogP contribution in [0.4, 0.5) is 10.1 Å². The van der Waals surface area contributed by atoms with E-state index < -0.39 is 11.7 Å². The van der Waals surface area contributed by atoms with E-state index >= 15 is 0 Å². The van der Waals surface area contributed by atoms with Crippen molar-refractivity contribution < 1.29 is 13.7 Å². The minimum atomic E-state index is -0.670. The van der Waals surface area contributed by atoms with Gasteiger partial charge in [0.15, 0.2) is 5.82 Å². The molecule has 0 aliphatic heterocycles. The first-order chi connectivity index (χ1) is 8.56. The van der Waals surface area contributed by atoms with E-state index in [1.165, 1.54) is 12.1 Å². The third-order valence-electron chi connectivity index (χ3n) is 2.21. The van der Waals surface area contributed by atoms with Gasteiger partial charge in [0.05, 0.1) is 12.1 Å². The summed E-state index contributed by atoms with van der Waals surface area (Å²) in [6, 6.07) is 3.87. The van der Waals surface area contributed by atoms with Gasteiger partial charge in [0.2, 0.25) is 5.89 Å². The first-order valence-electron chi connectivity index (χ1n) is 5.18. The molecule has 2 rings (SSSR count). The largest absolute Gasteiger partial charge is 0.399 e. The molecule has 3 N–H and O–H groups in total. The number of halogens is 1. The molecule has 2 aromatic rings. The lowest BCUT2D eigenvalue weighted by Gasteiger charge is -2.04. The molecule has 1 amide bonds. The molecular formula is C11H11FN4O2. The number of anilines is 1. The van der Waals surface area contributed by atoms with Crippen LogP contribution < -0.4 is 11.1 Å². The van der Waals surface area contributed by atoms with Gasteiger partial charge in [0, 0.05) is 12.6 Å². The highest BCUT2D eigenvalue weighted by molar-refractivity contribution is 5.94. The van der Waals surface area contributed by atoms with Gasteiger partial charge in [-0.05, 0) is 18.2 Å². The third-order valence-corrected chi connectivity index (χ3v) is 2.21. The second kappa shape index (κ2) is 4.82. The number of aromatic nitrogens is 2. The van der Waals surface area contributed by atoms with E-state index in [9.17, 15) is 9.18 Å². The lowest BCUT2D eigenvalue weighted by molar-refractivity contribution is 0.0945. The standard InChI is InChI=1S/C11H11FN4O2/c1-6-15-10(16-18-6)5-14-11(17)8-3-2-7(13)4-9(8)12/h2-4H,5,13H2,1H3,(H,14,17). The van der Waals surface area contributed by atoms with Gasteiger partial charge in [0.25, 0.3) is 5.91 Å². The Balaban J connectivity index is 2.03. The molecule has 6 nitrogen and oxygen atoms in total. The van der Waals surface area contributed by atoms with Gasteiger partial charge in [-0.2, -0.15) is 4.98 Å². The van der Waals surface area contributed by atoms with Gasteiger partial charge in [-0.1, -0.05) is 5.16 Å². The van der Waals surface area contributed by atoms with Gasteiger partial charge >= 0.3 is 0 Å². The van der Waals surface area contributed by atoms with Crippen LogP contribution in [0.3, 0.4) is 0 Å². The minimum absolute atomic E-state index is 0.0694. The average Bonchev–Trinajstić information content (AvgIpc) is 2.72. The van der Waals surface area contributed by atoms with Crippen molar-refractivity contribution in [1.82, 2.24) is 15.5 Å². The predicted octanol–water partition coefficient (Wildman–Crippen LogP) is 1.03. The Morgan fingerprint density at radius 1 is 1.56 bits per heavy atom. The van der Waals surface area contributed by atoms with Crippen LogP contribution in [-0.2, 0) is 6.54 Å². The molecular weight excluding hydrogens is 239 g/mol. The molecule has 1 aromatic heterocycles. The molecule has 94 valence electrons. The van der Waals surface area contributed by atoms with E-state index in [1.54, 1.807) is 6.92 Å². The summed E-state index contributed by atoms with van der Waals surface area (Å²) >= 11 is 0. The van der Waals surface area contributed by atoms with Gasteiger partial charge in [-0.25, -0.2) is 4.39 Å². The number of nitrogens with one attached hydrogen (secondary N) is 1. The second-order valence-corrected chi connectivity index (χ2v) is 3.65. The minimum Gasteiger partial charge on any atom is -0.399 e. The van der Waals surface area contributed by atoms with Crippen LogP contribution in [0.1, 0.15) is 22.1 Å². The molecule has 0 fully saturated rings. The maximum atomic E-state index is 13.4. The number of nitrogens with zero attached hydrogens (tertiary/aromatic N) is 2. The molecule has 0 bridgehead atoms. The van der Waals surface area contributed by atoms with Crippen LogP contribution in [0, 0.1) is 12.7 Å². The summed E-state index contributed by atoms with van der Waals surface area (Å²) in [7, 11) is 0. The molecule has 18 heavy (non-hydrogen) atoms. The Morgan fingerprint density at radius 2 is 2.33 bits per heavy atom. The number of carbonyl (C=O) groups excluding carboxylic acids is 1. The number of nitrogen functional groups attached to an aromatic ring is 1. The summed E-state index contributed by atoms with van der Waals surface area (Å²) in [5.74, 6) is -0.499. The summed E-state index contributed by atoms with van der Waals surface area (Å²) in [5.41, 5.74) is 5.57. The fourth-order valence-electron chi connectivity index (χ4n) is 1.38. The molecule has 0 aliphatic rings. The lowest BCUT2D eigenvalue weighted by atomic mass is 10.2. The number of benzene rings is 1. The average molecular weight is 250 g/mol. The SMILES string of the molecule is Cc1nc(CNC(=O)c2ccc(N)cc2F)no1. The molecule has 0 unspecified atom stereocenters. The van der Waals surface area contributed by atoms with Crippen LogP contribution in [-0.4, -0.2) is 16.0 Å². The van der Waals surface area contributed by atoms with Crippen molar-refractivity contribution >= 4 is 11.6 Å². The van der Waals surface area contributed by atoms with Gasteiger partial charge in [-0.3, -0.25) is 4.79 Å². The maximum Gasteiger partial charge on any atom is 0.254 e. The molecule has 0 radical (unpaired) electrons. The fourth-order valence-corrected chi connectivity index (χ4v) is 1.38. The van der Waals surface area contributed by atoms with Crippen molar-refractivity contribution in [3.05, 3.63) is 41.3 Å². The maximum absolute atomic E-state index is 13.4. The highest BCUT2D eigenvalue weighted by Crippen LogP contribution is 2.11. The highest BCUT2D eigenvalue weighted by Gasteiger charge is 2.12. The van der Waals surface area contributed by atoms with Crippen LogP contribution in [0.25, 0.3) is 0 Å². The smallest absolute Gasteiger partial charge is 0.254 e. The molecule has 0 spiro atoms. The van der Waals surface area contributed by atoms with Crippen LogP contribution >= 0.6 is 0 Å². The van der Waals surface area contributed by atoms with E-state index in [2.05, 4.69) is 15.5 Å². The monoisotopic (exact) mass is 250 g/mol. The van der Waals surface area contributed by atoms with Crippen LogP contribution in [0.2, 0.25) is 0 Å². The lowest BCUT2D eigenvalue weighted by Crippen LogP contribution is -2.24. The van der Waals surface area contributed by atoms with Crippen LogP contribution in [0.5, 0.6) is 0 Å². The fraction of sp³-hybridized carbons (Fsp3) is 0.182. The topological polar surface area (TPSA) is 94.0 Å². The number of aryl methyl sites for hydroxylation is 1. The predicted molar refractivity (Wildman–Crippen MR) is 61.0 cm³/mol. The Bertz CT molecular complexity index is 582.